The Kier molecular flexibility index (Phi) is 8.83. The van der Waals surface area contributed by atoms with Crippen molar-refractivity contribution in [1.29, 1.82) is 0 Å². The minimum absolute atomic E-state index is 0.0132. The molecule has 0 spiro atoms. The molecule has 0 aliphatic heterocycles. The number of aliphatic hydroxyl groups excluding tert-OH is 1. The summed E-state index contributed by atoms with van der Waals surface area (Å²) in [7, 11) is 3.22. The van der Waals surface area contributed by atoms with Crippen LogP contribution in [0.5, 0.6) is 0 Å². The van der Waals surface area contributed by atoms with Gasteiger partial charge >= 0.3 is 0 Å². The maximum Gasteiger partial charge on any atom is 0.205 e. The van der Waals surface area contributed by atoms with Crippen LogP contribution in [0.3, 0.4) is 0 Å². The maximum absolute atomic E-state index is 9.54. The summed E-state index contributed by atoms with van der Waals surface area (Å²) in [5.41, 5.74) is 9.10. The highest BCUT2D eigenvalue weighted by atomic mass is 16.7. The number of H-pyrrole nitrogens is 1. The Hall–Kier alpha value is -4.77. The van der Waals surface area contributed by atoms with Gasteiger partial charge in [0.15, 0.2) is 5.65 Å². The second kappa shape index (κ2) is 13.3. The molecule has 0 saturated heterocycles. The largest absolute Gasteiger partial charge is 0.392 e. The van der Waals surface area contributed by atoms with Gasteiger partial charge in [0.2, 0.25) is 12.1 Å². The van der Waals surface area contributed by atoms with Crippen molar-refractivity contribution in [3.63, 3.8) is 0 Å². The summed E-state index contributed by atoms with van der Waals surface area (Å²) in [5, 5.41) is 24.2. The predicted molar refractivity (Wildman–Crippen MR) is 168 cm³/mol. The standard InChI is InChI=1S/C34H35N7O3/c1-4-5-10-30-35-29-19-28(25-17-13-23(21-42)14-18-25)31(34(43-2)44-3)36-33(29)41(30)20-22-11-15-24(16-12-22)26-8-6-7-9-27(26)32-37-39-40-38-32/h6-9,11-19,34,42H,4-5,10,20-21H2,1-3H3,(H,37,38,39,40). The van der Waals surface area contributed by atoms with E-state index in [0.717, 1.165) is 75.2 Å². The van der Waals surface area contributed by atoms with Gasteiger partial charge < -0.3 is 19.1 Å². The first-order chi connectivity index (χ1) is 21.6. The van der Waals surface area contributed by atoms with Crippen molar-refractivity contribution in [1.82, 2.24) is 35.2 Å². The molecule has 10 heteroatoms. The molecule has 0 unspecified atom stereocenters. The van der Waals surface area contributed by atoms with Crippen molar-refractivity contribution in [2.24, 2.45) is 0 Å². The molecule has 2 N–H and O–H groups in total. The third kappa shape index (κ3) is 5.87. The first kappa shape index (κ1) is 29.3. The van der Waals surface area contributed by atoms with Crippen molar-refractivity contribution in [3.05, 3.63) is 102 Å². The number of nitrogens with zero attached hydrogens (tertiary/aromatic N) is 6. The van der Waals surface area contributed by atoms with Gasteiger partial charge in [-0.3, -0.25) is 0 Å². The van der Waals surface area contributed by atoms with Gasteiger partial charge in [-0.15, -0.1) is 10.2 Å². The molecule has 3 aromatic heterocycles. The molecule has 3 aromatic carbocycles. The summed E-state index contributed by atoms with van der Waals surface area (Å²) in [6.07, 6.45) is 2.27. The molecule has 6 aromatic rings. The van der Waals surface area contributed by atoms with Crippen LogP contribution in [0.4, 0.5) is 0 Å². The summed E-state index contributed by atoms with van der Waals surface area (Å²) in [6, 6.07) is 26.4. The number of imidazole rings is 1. The van der Waals surface area contributed by atoms with Crippen LogP contribution >= 0.6 is 0 Å². The number of unbranched alkanes of at least 4 members (excludes halogenated alkanes) is 1. The van der Waals surface area contributed by atoms with Crippen LogP contribution in [0, 0.1) is 0 Å². The Morgan fingerprint density at radius 3 is 2.16 bits per heavy atom. The number of aromatic nitrogens is 7. The van der Waals surface area contributed by atoms with Crippen LogP contribution in [0.15, 0.2) is 78.9 Å². The second-order valence-corrected chi connectivity index (χ2v) is 10.6. The SMILES string of the molecule is CCCCc1nc2cc(-c3ccc(CO)cc3)c(C(OC)OC)nc2n1Cc1ccc(-c2ccccc2-c2nn[nH]n2)cc1. The van der Waals surface area contributed by atoms with Crippen LogP contribution in [-0.2, 0) is 29.0 Å². The molecular weight excluding hydrogens is 554 g/mol. The highest BCUT2D eigenvalue weighted by Gasteiger charge is 2.22. The molecule has 6 rings (SSSR count). The van der Waals surface area contributed by atoms with Gasteiger partial charge in [-0.25, -0.2) is 9.97 Å². The number of rotatable bonds is 12. The zero-order valence-electron chi connectivity index (χ0n) is 25.1. The molecule has 0 radical (unpaired) electrons. The lowest BCUT2D eigenvalue weighted by Crippen LogP contribution is -2.11. The van der Waals surface area contributed by atoms with Crippen molar-refractivity contribution in [2.75, 3.05) is 14.2 Å². The third-order valence-corrected chi connectivity index (χ3v) is 7.80. The van der Waals surface area contributed by atoms with E-state index in [0.29, 0.717) is 18.1 Å². The fraction of sp³-hybridized carbons (Fsp3) is 0.265. The summed E-state index contributed by atoms with van der Waals surface area (Å²) >= 11 is 0. The van der Waals surface area contributed by atoms with Crippen molar-refractivity contribution in [2.45, 2.75) is 45.6 Å². The predicted octanol–water partition coefficient (Wildman–Crippen LogP) is 6.12. The fourth-order valence-corrected chi connectivity index (χ4v) is 5.50. The number of tetrazole rings is 1. The number of aliphatic hydroxyl groups is 1. The van der Waals surface area contributed by atoms with Crippen molar-refractivity contribution in [3.8, 4) is 33.6 Å². The number of nitrogens with one attached hydrogen (secondary N) is 1. The highest BCUT2D eigenvalue weighted by Crippen LogP contribution is 2.34. The van der Waals surface area contributed by atoms with Crippen LogP contribution < -0.4 is 0 Å². The Balaban J connectivity index is 1.41. The number of hydrogen-bond donors (Lipinski definition) is 2. The smallest absolute Gasteiger partial charge is 0.205 e. The summed E-state index contributed by atoms with van der Waals surface area (Å²) in [4.78, 5) is 10.2. The molecule has 0 fully saturated rings. The first-order valence-electron chi connectivity index (χ1n) is 14.7. The van der Waals surface area contributed by atoms with E-state index in [-0.39, 0.29) is 6.61 Å². The number of hydrogen-bond acceptors (Lipinski definition) is 8. The van der Waals surface area contributed by atoms with E-state index in [9.17, 15) is 5.11 Å². The third-order valence-electron chi connectivity index (χ3n) is 7.80. The average Bonchev–Trinajstić information content (AvgIpc) is 3.73. The Morgan fingerprint density at radius 1 is 0.841 bits per heavy atom. The van der Waals surface area contributed by atoms with Crippen LogP contribution in [0.2, 0.25) is 0 Å². The molecule has 0 saturated carbocycles. The zero-order chi connectivity index (χ0) is 30.5. The van der Waals surface area contributed by atoms with Crippen LogP contribution in [0.1, 0.15) is 48.7 Å². The molecule has 10 nitrogen and oxygen atoms in total. The lowest BCUT2D eigenvalue weighted by Gasteiger charge is -2.18. The second-order valence-electron chi connectivity index (χ2n) is 10.6. The minimum Gasteiger partial charge on any atom is -0.392 e. The van der Waals surface area contributed by atoms with E-state index in [4.69, 9.17) is 19.4 Å². The number of fused-ring (bicyclic) bond motifs is 1. The molecule has 0 atom stereocenters. The Morgan fingerprint density at radius 2 is 1.52 bits per heavy atom. The number of methoxy groups -OCH3 is 2. The molecular formula is C34H35N7O3. The van der Waals surface area contributed by atoms with Gasteiger partial charge in [0.05, 0.1) is 13.2 Å². The van der Waals surface area contributed by atoms with Crippen molar-refractivity contribution < 1.29 is 14.6 Å². The summed E-state index contributed by atoms with van der Waals surface area (Å²) in [5.74, 6) is 1.55. The lowest BCUT2D eigenvalue weighted by atomic mass is 9.98. The summed E-state index contributed by atoms with van der Waals surface area (Å²) in [6.45, 7) is 2.79. The van der Waals surface area contributed by atoms with E-state index >= 15 is 0 Å². The average molecular weight is 590 g/mol. The van der Waals surface area contributed by atoms with Gasteiger partial charge in [-0.05, 0) is 45.5 Å². The number of pyridine rings is 1. The molecule has 44 heavy (non-hydrogen) atoms. The highest BCUT2D eigenvalue weighted by molar-refractivity contribution is 5.82. The molecule has 0 bridgehead atoms. The van der Waals surface area contributed by atoms with Gasteiger partial charge in [0.25, 0.3) is 0 Å². The molecule has 0 aliphatic rings. The topological polar surface area (TPSA) is 124 Å². The molecule has 0 amide bonds. The van der Waals surface area contributed by atoms with Crippen molar-refractivity contribution >= 4 is 11.2 Å². The van der Waals surface area contributed by atoms with Crippen LogP contribution in [-0.4, -0.2) is 54.5 Å². The van der Waals surface area contributed by atoms with Crippen LogP contribution in [0.25, 0.3) is 44.8 Å². The van der Waals surface area contributed by atoms with Gasteiger partial charge in [0.1, 0.15) is 17.0 Å². The number of ether oxygens (including phenoxy) is 2. The fourth-order valence-electron chi connectivity index (χ4n) is 5.50. The number of benzene rings is 3. The van der Waals surface area contributed by atoms with E-state index in [2.05, 4.69) is 68.5 Å². The van der Waals surface area contributed by atoms with E-state index in [1.54, 1.807) is 14.2 Å². The first-order valence-corrected chi connectivity index (χ1v) is 14.7. The van der Waals surface area contributed by atoms with Gasteiger partial charge in [0, 0.05) is 31.8 Å². The molecule has 3 heterocycles. The van der Waals surface area contributed by atoms with Gasteiger partial charge in [-0.2, -0.15) is 5.21 Å². The van der Waals surface area contributed by atoms with E-state index in [1.165, 1.54) is 0 Å². The zero-order valence-corrected chi connectivity index (χ0v) is 25.1. The number of aryl methyl sites for hydroxylation is 1. The minimum atomic E-state index is -0.659. The Labute approximate surface area is 255 Å². The molecule has 224 valence electrons. The molecule has 0 aliphatic carbocycles. The summed E-state index contributed by atoms with van der Waals surface area (Å²) < 4.78 is 13.6. The maximum atomic E-state index is 9.54. The monoisotopic (exact) mass is 589 g/mol. The number of aromatic amines is 1. The lowest BCUT2D eigenvalue weighted by molar-refractivity contribution is -0.108. The Bertz CT molecular complexity index is 1830. The normalized spacial score (nSPS) is 11.6. The van der Waals surface area contributed by atoms with E-state index in [1.807, 2.05) is 42.5 Å². The van der Waals surface area contributed by atoms with Gasteiger partial charge in [-0.1, -0.05) is 86.1 Å². The quantitative estimate of drug-likeness (QED) is 0.164. The van der Waals surface area contributed by atoms with E-state index < -0.39 is 6.29 Å².